The molecule has 0 saturated carbocycles. The van der Waals surface area contributed by atoms with Gasteiger partial charge in [-0.15, -0.1) is 0 Å². The first-order valence-electron chi connectivity index (χ1n) is 16.4. The van der Waals surface area contributed by atoms with E-state index in [-0.39, 0.29) is 49.7 Å². The predicted molar refractivity (Wildman–Crippen MR) is 178 cm³/mol. The molecule has 5 atom stereocenters. The van der Waals surface area contributed by atoms with Crippen LogP contribution in [0.3, 0.4) is 0 Å². The molecule has 4 N–H and O–H groups in total. The predicted octanol–water partition coefficient (Wildman–Crippen LogP) is 3.78. The average Bonchev–Trinajstić information content (AvgIpc) is 3.39. The van der Waals surface area contributed by atoms with E-state index in [1.807, 2.05) is 78.8 Å². The summed E-state index contributed by atoms with van der Waals surface area (Å²) in [6.07, 6.45) is 2.33. The third kappa shape index (κ3) is 15.5. The van der Waals surface area contributed by atoms with E-state index < -0.39 is 53.7 Å². The highest BCUT2D eigenvalue weighted by atomic mass is 16.6. The van der Waals surface area contributed by atoms with Crippen molar-refractivity contribution in [3.8, 4) is 0 Å². The Morgan fingerprint density at radius 2 is 1.62 bits per heavy atom. The van der Waals surface area contributed by atoms with Gasteiger partial charge in [-0.2, -0.15) is 0 Å². The Hall–Kier alpha value is -3.93. The minimum atomic E-state index is -1.19. The van der Waals surface area contributed by atoms with Crippen molar-refractivity contribution in [1.29, 1.82) is 0 Å². The van der Waals surface area contributed by atoms with Crippen LogP contribution in [0, 0.1) is 17.8 Å². The third-order valence-electron chi connectivity index (χ3n) is 7.17. The average molecular weight is 659 g/mol. The zero-order valence-electron chi connectivity index (χ0n) is 29.1. The first-order chi connectivity index (χ1) is 22.0. The van der Waals surface area contributed by atoms with Crippen molar-refractivity contribution in [1.82, 2.24) is 21.3 Å². The molecule has 2 rings (SSSR count). The SMILES string of the molecule is CC(C)COC(=O)C=C[C@H](CC1CCNC1=O)NC(=O)[C@H](CC(C)C)NC(=O)[C@@H](NC(=O)OCc1ccccc1)C(C)OC(C)(C)C. The van der Waals surface area contributed by atoms with Crippen LogP contribution in [0.1, 0.15) is 80.2 Å². The summed E-state index contributed by atoms with van der Waals surface area (Å²) in [6.45, 7) is 15.6. The molecule has 0 aliphatic carbocycles. The lowest BCUT2D eigenvalue weighted by Gasteiger charge is -2.32. The van der Waals surface area contributed by atoms with E-state index in [2.05, 4.69) is 21.3 Å². The summed E-state index contributed by atoms with van der Waals surface area (Å²) in [7, 11) is 0. The second-order valence-electron chi connectivity index (χ2n) is 13.8. The molecule has 1 saturated heterocycles. The molecule has 12 heteroatoms. The van der Waals surface area contributed by atoms with Gasteiger partial charge in [-0.25, -0.2) is 9.59 Å². The van der Waals surface area contributed by atoms with Gasteiger partial charge in [0.15, 0.2) is 0 Å². The molecule has 1 aliphatic heterocycles. The fraction of sp³-hybridized carbons (Fsp3) is 0.629. The summed E-state index contributed by atoms with van der Waals surface area (Å²) in [5.74, 6) is -1.97. The maximum absolute atomic E-state index is 13.8. The van der Waals surface area contributed by atoms with Gasteiger partial charge in [0.2, 0.25) is 17.7 Å². The summed E-state index contributed by atoms with van der Waals surface area (Å²) < 4.78 is 16.6. The van der Waals surface area contributed by atoms with Crippen LogP contribution in [0.5, 0.6) is 0 Å². The summed E-state index contributed by atoms with van der Waals surface area (Å²) >= 11 is 0. The molecule has 1 heterocycles. The normalized spacial score (nSPS) is 17.5. The minimum absolute atomic E-state index is 0.00678. The second-order valence-corrected chi connectivity index (χ2v) is 13.8. The van der Waals surface area contributed by atoms with Gasteiger partial charge in [0.1, 0.15) is 18.7 Å². The van der Waals surface area contributed by atoms with Gasteiger partial charge in [-0.3, -0.25) is 14.4 Å². The Bertz CT molecular complexity index is 1210. The highest BCUT2D eigenvalue weighted by Crippen LogP contribution is 2.18. The number of rotatable bonds is 17. The van der Waals surface area contributed by atoms with Gasteiger partial charge < -0.3 is 35.5 Å². The van der Waals surface area contributed by atoms with Crippen molar-refractivity contribution in [3.63, 3.8) is 0 Å². The van der Waals surface area contributed by atoms with Gasteiger partial charge in [-0.05, 0) is 64.4 Å². The Kier molecular flexibility index (Phi) is 15.9. The number of carbonyl (C=O) groups is 5. The lowest BCUT2D eigenvalue weighted by atomic mass is 9.96. The van der Waals surface area contributed by atoms with E-state index in [9.17, 15) is 24.0 Å². The molecule has 12 nitrogen and oxygen atoms in total. The second kappa shape index (κ2) is 19.0. The molecule has 262 valence electrons. The van der Waals surface area contributed by atoms with Crippen molar-refractivity contribution >= 4 is 29.8 Å². The molecule has 0 aromatic heterocycles. The topological polar surface area (TPSA) is 161 Å². The molecule has 1 aromatic rings. The third-order valence-corrected chi connectivity index (χ3v) is 7.17. The number of hydrogen-bond acceptors (Lipinski definition) is 8. The fourth-order valence-corrected chi connectivity index (χ4v) is 5.01. The number of amides is 4. The number of esters is 1. The lowest BCUT2D eigenvalue weighted by molar-refractivity contribution is -0.138. The smallest absolute Gasteiger partial charge is 0.408 e. The monoisotopic (exact) mass is 658 g/mol. The van der Waals surface area contributed by atoms with Crippen molar-refractivity contribution in [2.75, 3.05) is 13.2 Å². The van der Waals surface area contributed by atoms with Crippen LogP contribution >= 0.6 is 0 Å². The van der Waals surface area contributed by atoms with E-state index in [4.69, 9.17) is 14.2 Å². The van der Waals surface area contributed by atoms with Gasteiger partial charge >= 0.3 is 12.1 Å². The van der Waals surface area contributed by atoms with Gasteiger partial charge in [-0.1, -0.05) is 64.1 Å². The van der Waals surface area contributed by atoms with Crippen LogP contribution < -0.4 is 21.3 Å². The van der Waals surface area contributed by atoms with Gasteiger partial charge in [0.25, 0.3) is 0 Å². The van der Waals surface area contributed by atoms with Crippen LogP contribution in [-0.2, 0) is 40.0 Å². The maximum atomic E-state index is 13.8. The Morgan fingerprint density at radius 3 is 2.19 bits per heavy atom. The summed E-state index contributed by atoms with van der Waals surface area (Å²) in [5.41, 5.74) is 0.146. The van der Waals surface area contributed by atoms with Crippen LogP contribution in [0.15, 0.2) is 42.5 Å². The van der Waals surface area contributed by atoms with E-state index in [0.717, 1.165) is 5.56 Å². The van der Waals surface area contributed by atoms with Gasteiger partial charge in [0.05, 0.1) is 18.3 Å². The van der Waals surface area contributed by atoms with E-state index in [1.165, 1.54) is 12.2 Å². The highest BCUT2D eigenvalue weighted by Gasteiger charge is 2.35. The Balaban J connectivity index is 2.23. The zero-order chi connectivity index (χ0) is 35.1. The highest BCUT2D eigenvalue weighted by molar-refractivity contribution is 5.92. The van der Waals surface area contributed by atoms with Crippen molar-refractivity contribution in [3.05, 3.63) is 48.0 Å². The summed E-state index contributed by atoms with van der Waals surface area (Å²) in [5, 5.41) is 11.1. The molecule has 47 heavy (non-hydrogen) atoms. The fourth-order valence-electron chi connectivity index (χ4n) is 5.01. The largest absolute Gasteiger partial charge is 0.462 e. The van der Waals surface area contributed by atoms with Crippen molar-refractivity contribution < 1.29 is 38.2 Å². The number of nitrogens with one attached hydrogen (secondary N) is 4. The first kappa shape index (κ1) is 39.2. The van der Waals surface area contributed by atoms with Crippen LogP contribution in [0.4, 0.5) is 4.79 Å². The number of ether oxygens (including phenoxy) is 3. The summed E-state index contributed by atoms with van der Waals surface area (Å²) in [6, 6.07) is 6.27. The minimum Gasteiger partial charge on any atom is -0.462 e. The van der Waals surface area contributed by atoms with E-state index in [1.54, 1.807) is 6.92 Å². The maximum Gasteiger partial charge on any atom is 0.408 e. The van der Waals surface area contributed by atoms with Crippen LogP contribution in [0.2, 0.25) is 0 Å². The molecule has 0 bridgehead atoms. The number of alkyl carbamates (subject to hydrolysis) is 1. The standard InChI is InChI=1S/C35H54N4O8/c1-22(2)18-28(32(42)37-27(19-26-16-17-36-31(26)41)14-15-29(40)45-20-23(3)4)38-33(43)30(24(5)47-35(6,7)8)39-34(44)46-21-25-12-10-9-11-13-25/h9-15,22-24,26-28,30H,16-21H2,1-8H3,(H,36,41)(H,37,42)(H,38,43)(H,39,44)/t24?,26?,27-,28+,30+/m1/s1. The molecule has 1 fully saturated rings. The quantitative estimate of drug-likeness (QED) is 0.145. The zero-order valence-corrected chi connectivity index (χ0v) is 29.1. The molecule has 1 aliphatic rings. The van der Waals surface area contributed by atoms with Crippen molar-refractivity contribution in [2.24, 2.45) is 17.8 Å². The lowest BCUT2D eigenvalue weighted by Crippen LogP contribution is -2.59. The number of hydrogen-bond donors (Lipinski definition) is 4. The molecule has 2 unspecified atom stereocenters. The summed E-state index contributed by atoms with van der Waals surface area (Å²) in [4.78, 5) is 64.9. The first-order valence-corrected chi connectivity index (χ1v) is 16.4. The number of benzene rings is 1. The molecular weight excluding hydrogens is 604 g/mol. The molecule has 0 radical (unpaired) electrons. The molecule has 4 amide bonds. The van der Waals surface area contributed by atoms with Crippen LogP contribution in [-0.4, -0.2) is 72.8 Å². The van der Waals surface area contributed by atoms with Crippen molar-refractivity contribution in [2.45, 2.75) is 111 Å². The molecule has 1 aromatic carbocycles. The van der Waals surface area contributed by atoms with Gasteiger partial charge in [0, 0.05) is 24.6 Å². The van der Waals surface area contributed by atoms with Crippen LogP contribution in [0.25, 0.3) is 0 Å². The molecular formula is C35H54N4O8. The number of carbonyl (C=O) groups excluding carboxylic acids is 5. The Morgan fingerprint density at radius 1 is 0.936 bits per heavy atom. The van der Waals surface area contributed by atoms with E-state index >= 15 is 0 Å². The Labute approximate surface area is 279 Å². The van der Waals surface area contributed by atoms with E-state index in [0.29, 0.717) is 13.0 Å². The molecule has 0 spiro atoms.